The SMILES string of the molecule is CO[C@@H]1[C@@H](OC)[C@H]2O[C@H]3[C@H](OC)[C@@H](OC)[C@@H](O[C@H]4[C@H](OC)[C@@H](OC)[C@@H](O[C@H]5[C@H](OC)[C@@H](OC)[C@@H](O[C@H]6[C@H](OC)[C@@H](OC)[C@@H](O[C@H]7[C@H](OC)[C@@H](OC)[C@@H](O[C@H]8[C@H](OC)[C@@H](OC)[C@@H](O[C@@H]1[C@@H](CN)O2)O[C@@H]8CN)O[C@@H]7CN)O[C@@H]6CN)O[C@@H]5CN)O[C@@H]4CN)O[C@@H]3CN. The van der Waals surface area contributed by atoms with Gasteiger partial charge in [0, 0.05) is 145 Å². The van der Waals surface area contributed by atoms with E-state index >= 15 is 0 Å². The lowest BCUT2D eigenvalue weighted by Gasteiger charge is -2.52. The van der Waals surface area contributed by atoms with Crippen molar-refractivity contribution in [2.24, 2.45) is 40.1 Å². The van der Waals surface area contributed by atoms with Gasteiger partial charge in [-0.2, -0.15) is 0 Å². The minimum Gasteiger partial charge on any atom is -0.376 e. The molecule has 21 rings (SSSR count). The topological polar surface area (TPSA) is 441 Å². The van der Waals surface area contributed by atoms with Gasteiger partial charge in [0.1, 0.15) is 171 Å². The molecule has 0 spiro atoms. The lowest BCUT2D eigenvalue weighted by atomic mass is 9.94. The van der Waals surface area contributed by atoms with Gasteiger partial charge >= 0.3 is 0 Å². The lowest BCUT2D eigenvalue weighted by molar-refractivity contribution is -0.397. The molecule has 35 nitrogen and oxygen atoms in total. The van der Waals surface area contributed by atoms with Crippen molar-refractivity contribution in [3.05, 3.63) is 0 Å². The first kappa shape index (κ1) is 75.4. The molecule has 21 saturated heterocycles. The molecule has 0 aromatic carbocycles. The molecule has 21 aliphatic heterocycles. The Morgan fingerprint density at radius 2 is 0.264 bits per heavy atom. The first-order valence-corrected chi connectivity index (χ1v) is 30.7. The lowest BCUT2D eigenvalue weighted by Crippen LogP contribution is -2.70. The van der Waals surface area contributed by atoms with Crippen molar-refractivity contribution in [2.75, 3.05) is 145 Å². The molecule has 21 fully saturated rings. The van der Waals surface area contributed by atoms with Crippen LogP contribution in [-0.2, 0) is 133 Å². The molecule has 0 radical (unpaired) electrons. The molecule has 14 N–H and O–H groups in total. The average Bonchev–Trinajstić information content (AvgIpc) is 0.788. The second-order valence-corrected chi connectivity index (χ2v) is 23.0. The van der Waals surface area contributed by atoms with Crippen molar-refractivity contribution < 1.29 is 133 Å². The van der Waals surface area contributed by atoms with E-state index in [2.05, 4.69) is 0 Å². The summed E-state index contributed by atoms with van der Waals surface area (Å²) < 4.78 is 181. The minimum absolute atomic E-state index is 0.111. The van der Waals surface area contributed by atoms with E-state index in [1.54, 1.807) is 0 Å². The van der Waals surface area contributed by atoms with Crippen LogP contribution in [0.2, 0.25) is 0 Å². The van der Waals surface area contributed by atoms with Crippen LogP contribution in [-0.4, -0.2) is 360 Å². The van der Waals surface area contributed by atoms with E-state index in [9.17, 15) is 0 Å². The molecule has 14 bridgehead atoms. The molecular formula is C56H105N7O28. The highest BCUT2D eigenvalue weighted by molar-refractivity contribution is 5.04. The maximum atomic E-state index is 6.87. The maximum absolute atomic E-state index is 6.87. The molecule has 21 aliphatic rings. The van der Waals surface area contributed by atoms with E-state index in [4.69, 9.17) is 173 Å². The monoisotopic (exact) mass is 1320 g/mol. The van der Waals surface area contributed by atoms with E-state index in [0.29, 0.717) is 0 Å². The van der Waals surface area contributed by atoms with Gasteiger partial charge in [0.2, 0.25) is 0 Å². The largest absolute Gasteiger partial charge is 0.376 e. The van der Waals surface area contributed by atoms with Gasteiger partial charge in [0.15, 0.2) is 44.0 Å². The summed E-state index contributed by atoms with van der Waals surface area (Å²) in [5, 5.41) is 0. The Kier molecular flexibility index (Phi) is 29.3. The van der Waals surface area contributed by atoms with Crippen LogP contribution in [0, 0.1) is 0 Å². The molecule has 0 amide bonds. The van der Waals surface area contributed by atoms with Crippen molar-refractivity contribution >= 4 is 0 Å². The zero-order valence-electron chi connectivity index (χ0n) is 54.6. The third-order valence-electron chi connectivity index (χ3n) is 18.6. The Morgan fingerprint density at radius 3 is 0.341 bits per heavy atom. The van der Waals surface area contributed by atoms with Gasteiger partial charge in [0.05, 0.1) is 0 Å². The van der Waals surface area contributed by atoms with E-state index in [1.807, 2.05) is 0 Å². The Morgan fingerprint density at radius 1 is 0.165 bits per heavy atom. The van der Waals surface area contributed by atoms with Gasteiger partial charge in [-0.1, -0.05) is 0 Å². The molecule has 0 saturated carbocycles. The number of nitrogens with two attached hydrogens (primary N) is 7. The van der Waals surface area contributed by atoms with Crippen molar-refractivity contribution in [3.8, 4) is 0 Å². The summed E-state index contributed by atoms with van der Waals surface area (Å²) in [4.78, 5) is 0. The first-order valence-electron chi connectivity index (χ1n) is 30.7. The van der Waals surface area contributed by atoms with E-state index in [1.165, 1.54) is 99.5 Å². The van der Waals surface area contributed by atoms with Crippen LogP contribution in [0.25, 0.3) is 0 Å². The van der Waals surface area contributed by atoms with E-state index in [-0.39, 0.29) is 45.8 Å². The summed E-state index contributed by atoms with van der Waals surface area (Å²) in [6.45, 7) is -0.776. The highest BCUT2D eigenvalue weighted by Gasteiger charge is 2.61. The maximum Gasteiger partial charge on any atom is 0.187 e. The molecule has 0 unspecified atom stereocenters. The zero-order chi connectivity index (χ0) is 66.0. The fraction of sp³-hybridized carbons (Fsp3) is 1.00. The van der Waals surface area contributed by atoms with E-state index in [0.717, 1.165) is 0 Å². The van der Waals surface area contributed by atoms with Crippen molar-refractivity contribution in [1.29, 1.82) is 0 Å². The summed E-state index contributed by atoms with van der Waals surface area (Å²) in [6.07, 6.45) is -36.0. The van der Waals surface area contributed by atoms with Gasteiger partial charge in [-0.3, -0.25) is 0 Å². The highest BCUT2D eigenvalue weighted by atomic mass is 16.8. The van der Waals surface area contributed by atoms with Crippen LogP contribution in [0.15, 0.2) is 0 Å². The molecule has 0 aliphatic carbocycles. The normalized spacial score (nSPS) is 48.7. The van der Waals surface area contributed by atoms with Crippen LogP contribution in [0.4, 0.5) is 0 Å². The summed E-state index contributed by atoms with van der Waals surface area (Å²) in [5.41, 5.74) is 45.8. The summed E-state index contributed by atoms with van der Waals surface area (Å²) in [5.74, 6) is 0. The standard InChI is InChI=1S/C56H105N7O28/c1-64-36-29-22(15-57)78-50(43(36)71-8)86-30-23(16-58)80-52(45(73-10)37(30)65-2)88-32-25(18-60)82-54(47(75-12)39(32)67-4)90-34-27(20-62)84-56(49(77-14)41(34)69-6)91-35-28(21-63)83-55(48(76-13)42(35)70-7)89-33-26(19-61)81-53(46(74-11)40(33)68-5)87-31-24(17-59)79-51(85-29)44(72-9)38(31)66-3/h22-56H,15-21,57-63H2,1-14H3/t22-,23-,24-,25-,26-,27-,28-,29-,30-,31-,32-,33-,34-,35-,36+,37+,38+,39+,40+,41+,42+,43-,44-,45-,46-,47-,48-,49-,50-,51-,52-,53-,54-,55-,56-/m1/s1. The van der Waals surface area contributed by atoms with Gasteiger partial charge in [-0.05, 0) is 0 Å². The van der Waals surface area contributed by atoms with Gasteiger partial charge < -0.3 is 173 Å². The van der Waals surface area contributed by atoms with Crippen LogP contribution in [0.5, 0.6) is 0 Å². The summed E-state index contributed by atoms with van der Waals surface area (Å²) in [6, 6.07) is 0. The molecule has 91 heavy (non-hydrogen) atoms. The number of ether oxygens (including phenoxy) is 28. The van der Waals surface area contributed by atoms with Crippen molar-refractivity contribution in [1.82, 2.24) is 0 Å². The van der Waals surface area contributed by atoms with Crippen LogP contribution in [0.3, 0.4) is 0 Å². The molecule has 35 heteroatoms. The fourth-order valence-corrected chi connectivity index (χ4v) is 14.1. The van der Waals surface area contributed by atoms with Gasteiger partial charge in [-0.25, -0.2) is 0 Å². The Balaban J connectivity index is 1.19. The molecule has 0 aromatic heterocycles. The predicted molar refractivity (Wildman–Crippen MR) is 309 cm³/mol. The second kappa shape index (κ2) is 35.4. The second-order valence-electron chi connectivity index (χ2n) is 23.0. The van der Waals surface area contributed by atoms with E-state index < -0.39 is 215 Å². The number of hydrogen-bond acceptors (Lipinski definition) is 35. The minimum atomic E-state index is -1.22. The molecule has 35 atom stereocenters. The number of methoxy groups -OCH3 is 14. The smallest absolute Gasteiger partial charge is 0.187 e. The van der Waals surface area contributed by atoms with Crippen LogP contribution < -0.4 is 40.1 Å². The molecule has 0 aromatic rings. The zero-order valence-corrected chi connectivity index (χ0v) is 54.6. The van der Waals surface area contributed by atoms with Gasteiger partial charge in [0.25, 0.3) is 0 Å². The summed E-state index contributed by atoms with van der Waals surface area (Å²) >= 11 is 0. The average molecular weight is 1320 g/mol. The highest BCUT2D eigenvalue weighted by Crippen LogP contribution is 2.42. The van der Waals surface area contributed by atoms with Crippen molar-refractivity contribution in [3.63, 3.8) is 0 Å². The quantitative estimate of drug-likeness (QED) is 0.0562. The molecule has 21 heterocycles. The van der Waals surface area contributed by atoms with Gasteiger partial charge in [-0.15, -0.1) is 0 Å². The third-order valence-corrected chi connectivity index (χ3v) is 18.6. The number of hydrogen-bond donors (Lipinski definition) is 7. The molecule has 532 valence electrons. The van der Waals surface area contributed by atoms with Crippen molar-refractivity contribution in [2.45, 2.75) is 215 Å². The third kappa shape index (κ3) is 15.3. The fourth-order valence-electron chi connectivity index (χ4n) is 14.1. The summed E-state index contributed by atoms with van der Waals surface area (Å²) in [7, 11) is 20.7. The predicted octanol–water partition coefficient (Wildman–Crippen LogP) is -6.31. The first-order chi connectivity index (χ1) is 44.2. The number of rotatable bonds is 21. The van der Waals surface area contributed by atoms with Crippen LogP contribution >= 0.6 is 0 Å². The Bertz CT molecular complexity index is 1720. The van der Waals surface area contributed by atoms with Crippen LogP contribution in [0.1, 0.15) is 0 Å². The Hall–Kier alpha value is -1.40. The Labute approximate surface area is 531 Å². The molecular weight excluding hydrogens is 1220 g/mol.